The number of hydrogen-bond donors (Lipinski definition) is 0. The molecular weight excluding hydrogens is 687 g/mol. The highest BCUT2D eigenvalue weighted by atomic mass is 32.1. The van der Waals surface area contributed by atoms with E-state index in [1.165, 1.54) is 47.8 Å². The van der Waals surface area contributed by atoms with Crippen molar-refractivity contribution in [3.05, 3.63) is 200 Å². The van der Waals surface area contributed by atoms with Gasteiger partial charge < -0.3 is 9.32 Å². The van der Waals surface area contributed by atoms with Crippen molar-refractivity contribution in [1.29, 1.82) is 0 Å². The van der Waals surface area contributed by atoms with Crippen LogP contribution < -0.4 is 4.90 Å². The molecule has 258 valence electrons. The molecule has 55 heavy (non-hydrogen) atoms. The quantitative estimate of drug-likeness (QED) is 0.170. The second-order valence-electron chi connectivity index (χ2n) is 14.0. The zero-order valence-corrected chi connectivity index (χ0v) is 30.6. The van der Waals surface area contributed by atoms with Gasteiger partial charge in [0.15, 0.2) is 0 Å². The zero-order chi connectivity index (χ0) is 36.3. The van der Waals surface area contributed by atoms with Gasteiger partial charge in [0.05, 0.1) is 10.4 Å². The molecule has 2 aromatic heterocycles. The molecule has 11 rings (SSSR count). The number of furan rings is 1. The van der Waals surface area contributed by atoms with Crippen LogP contribution in [0.1, 0.15) is 0 Å². The normalized spacial score (nSPS) is 11.6. The van der Waals surface area contributed by atoms with Crippen LogP contribution in [-0.2, 0) is 0 Å². The summed E-state index contributed by atoms with van der Waals surface area (Å²) < 4.78 is 9.44. The molecule has 9 aromatic carbocycles. The van der Waals surface area contributed by atoms with Crippen molar-refractivity contribution in [2.45, 2.75) is 0 Å². The summed E-state index contributed by atoms with van der Waals surface area (Å²) in [6.07, 6.45) is 0. The average Bonchev–Trinajstić information content (AvgIpc) is 3.84. The van der Waals surface area contributed by atoms with Gasteiger partial charge >= 0.3 is 0 Å². The summed E-state index contributed by atoms with van der Waals surface area (Å²) in [6, 6.07) is 72.0. The summed E-state index contributed by atoms with van der Waals surface area (Å²) in [5.74, 6) is 0. The molecule has 2 heterocycles. The molecule has 0 saturated heterocycles. The first kappa shape index (κ1) is 31.6. The largest absolute Gasteiger partial charge is 0.455 e. The van der Waals surface area contributed by atoms with Gasteiger partial charge in [-0.3, -0.25) is 0 Å². The fourth-order valence-electron chi connectivity index (χ4n) is 8.28. The van der Waals surface area contributed by atoms with E-state index in [1.54, 1.807) is 0 Å². The Morgan fingerprint density at radius 2 is 0.945 bits per heavy atom. The van der Waals surface area contributed by atoms with Gasteiger partial charge in [-0.1, -0.05) is 158 Å². The van der Waals surface area contributed by atoms with E-state index in [0.29, 0.717) is 0 Å². The molecule has 0 saturated carbocycles. The van der Waals surface area contributed by atoms with Crippen LogP contribution in [0.25, 0.3) is 86.3 Å². The maximum atomic E-state index is 6.88. The highest BCUT2D eigenvalue weighted by Crippen LogP contribution is 2.47. The first-order valence-electron chi connectivity index (χ1n) is 18.7. The fourth-order valence-corrected chi connectivity index (χ4v) is 9.49. The number of para-hydroxylation sites is 1. The highest BCUT2D eigenvalue weighted by Gasteiger charge is 2.20. The smallest absolute Gasteiger partial charge is 0.143 e. The van der Waals surface area contributed by atoms with Crippen LogP contribution in [0.2, 0.25) is 0 Å². The number of hydrogen-bond acceptors (Lipinski definition) is 3. The predicted molar refractivity (Wildman–Crippen MR) is 235 cm³/mol. The molecule has 0 fully saturated rings. The molecule has 0 bridgehead atoms. The van der Waals surface area contributed by atoms with Crippen molar-refractivity contribution in [3.8, 4) is 33.4 Å². The average molecular weight is 720 g/mol. The van der Waals surface area contributed by atoms with E-state index < -0.39 is 0 Å². The summed E-state index contributed by atoms with van der Waals surface area (Å²) in [5.41, 5.74) is 12.2. The van der Waals surface area contributed by atoms with Gasteiger partial charge in [-0.05, 0) is 75.7 Å². The van der Waals surface area contributed by atoms with Crippen molar-refractivity contribution >= 4 is 81.3 Å². The van der Waals surface area contributed by atoms with Gasteiger partial charge in [-0.15, -0.1) is 11.3 Å². The number of thiophene rings is 1. The maximum Gasteiger partial charge on any atom is 0.143 e. The lowest BCUT2D eigenvalue weighted by molar-refractivity contribution is 0.674. The number of anilines is 3. The zero-order valence-electron chi connectivity index (χ0n) is 29.8. The lowest BCUT2D eigenvalue weighted by atomic mass is 9.95. The molecule has 11 aromatic rings. The molecule has 0 atom stereocenters. The van der Waals surface area contributed by atoms with Crippen molar-refractivity contribution < 1.29 is 4.42 Å². The Kier molecular flexibility index (Phi) is 7.39. The molecule has 2 nitrogen and oxygen atoms in total. The molecule has 0 aliphatic heterocycles. The maximum absolute atomic E-state index is 6.88. The summed E-state index contributed by atoms with van der Waals surface area (Å²) in [5, 5.41) is 7.14. The van der Waals surface area contributed by atoms with E-state index in [0.717, 1.165) is 55.5 Å². The Morgan fingerprint density at radius 3 is 1.76 bits per heavy atom. The van der Waals surface area contributed by atoms with Crippen LogP contribution in [0.5, 0.6) is 0 Å². The Balaban J connectivity index is 1.07. The van der Waals surface area contributed by atoms with Crippen molar-refractivity contribution in [2.24, 2.45) is 0 Å². The number of rotatable bonds is 6. The van der Waals surface area contributed by atoms with E-state index in [1.807, 2.05) is 11.3 Å². The van der Waals surface area contributed by atoms with Gasteiger partial charge in [0.25, 0.3) is 0 Å². The number of benzene rings is 9. The molecule has 0 aliphatic rings. The first-order valence-corrected chi connectivity index (χ1v) is 19.5. The molecule has 0 spiro atoms. The Morgan fingerprint density at radius 1 is 0.345 bits per heavy atom. The molecule has 0 radical (unpaired) electrons. The molecular formula is C52H33NOS. The van der Waals surface area contributed by atoms with E-state index in [2.05, 4.69) is 205 Å². The lowest BCUT2D eigenvalue weighted by Gasteiger charge is -2.27. The van der Waals surface area contributed by atoms with Gasteiger partial charge in [0.1, 0.15) is 11.2 Å². The van der Waals surface area contributed by atoms with Gasteiger partial charge in [-0.25, -0.2) is 0 Å². The number of nitrogens with zero attached hydrogens (tertiary/aromatic N) is 1. The van der Waals surface area contributed by atoms with Crippen LogP contribution >= 0.6 is 11.3 Å². The van der Waals surface area contributed by atoms with E-state index in [4.69, 9.17) is 4.42 Å². The summed E-state index contributed by atoms with van der Waals surface area (Å²) >= 11 is 1.86. The Bertz CT molecular complexity index is 3190. The molecule has 0 amide bonds. The third-order valence-electron chi connectivity index (χ3n) is 10.9. The second-order valence-corrected chi connectivity index (χ2v) is 15.1. The van der Waals surface area contributed by atoms with E-state index in [-0.39, 0.29) is 0 Å². The first-order chi connectivity index (χ1) is 27.3. The molecule has 0 aliphatic carbocycles. The van der Waals surface area contributed by atoms with E-state index >= 15 is 0 Å². The third kappa shape index (κ3) is 5.24. The minimum absolute atomic E-state index is 0.906. The molecule has 3 heteroatoms. The SMILES string of the molecule is c1ccc(-c2cccc(N(c3ccc(-c4cccc5c4oc4c6ccccc6c(-c6ccccc6)cc54)cc3)c3cccc4c3sc3ccccc34)c2)cc1. The van der Waals surface area contributed by atoms with Crippen LogP contribution in [0.3, 0.4) is 0 Å². The predicted octanol–water partition coefficient (Wildman–Crippen LogP) is 15.6. The van der Waals surface area contributed by atoms with Crippen molar-refractivity contribution in [3.63, 3.8) is 0 Å². The lowest BCUT2D eigenvalue weighted by Crippen LogP contribution is -2.10. The highest BCUT2D eigenvalue weighted by molar-refractivity contribution is 7.26. The van der Waals surface area contributed by atoms with Crippen LogP contribution in [-0.4, -0.2) is 0 Å². The third-order valence-corrected chi connectivity index (χ3v) is 12.1. The minimum Gasteiger partial charge on any atom is -0.455 e. The summed E-state index contributed by atoms with van der Waals surface area (Å²) in [4.78, 5) is 2.41. The minimum atomic E-state index is 0.906. The topological polar surface area (TPSA) is 16.4 Å². The molecule has 0 N–H and O–H groups in total. The van der Waals surface area contributed by atoms with E-state index in [9.17, 15) is 0 Å². The van der Waals surface area contributed by atoms with Crippen molar-refractivity contribution in [1.82, 2.24) is 0 Å². The standard InChI is InChI=1S/C52H33NOS/c1-3-14-34(15-4-1)37-18-11-19-39(32-37)53(48-26-13-25-45-42-21-9-10-27-49(42)55-52(45)48)38-30-28-36(29-31-38)40-23-12-24-44-47-33-46(35-16-5-2-6-17-35)41-20-7-8-22-43(41)51(47)54-50(40)44/h1-33H. The summed E-state index contributed by atoms with van der Waals surface area (Å²) in [6.45, 7) is 0. The second kappa shape index (κ2) is 12.9. The fraction of sp³-hybridized carbons (Fsp3) is 0. The Labute approximate surface area is 322 Å². The number of fused-ring (bicyclic) bond motifs is 8. The Hall–Kier alpha value is -6.94. The van der Waals surface area contributed by atoms with Crippen LogP contribution in [0, 0.1) is 0 Å². The van der Waals surface area contributed by atoms with Crippen LogP contribution in [0.4, 0.5) is 17.1 Å². The molecule has 0 unspecified atom stereocenters. The van der Waals surface area contributed by atoms with Crippen LogP contribution in [0.15, 0.2) is 205 Å². The van der Waals surface area contributed by atoms with Gasteiger partial charge in [0.2, 0.25) is 0 Å². The monoisotopic (exact) mass is 719 g/mol. The van der Waals surface area contributed by atoms with Crippen molar-refractivity contribution in [2.75, 3.05) is 4.90 Å². The van der Waals surface area contributed by atoms with Gasteiger partial charge in [-0.2, -0.15) is 0 Å². The van der Waals surface area contributed by atoms with Gasteiger partial charge in [0, 0.05) is 48.6 Å². The summed E-state index contributed by atoms with van der Waals surface area (Å²) in [7, 11) is 0.